The van der Waals surface area contributed by atoms with Crippen LogP contribution in [0.5, 0.6) is 0 Å². The minimum atomic E-state index is -1.22. The molecule has 0 radical (unpaired) electrons. The van der Waals surface area contributed by atoms with Crippen LogP contribution < -0.4 is 0 Å². The van der Waals surface area contributed by atoms with Crippen LogP contribution in [0.15, 0.2) is 23.8 Å². The zero-order valence-corrected chi connectivity index (χ0v) is 15.6. The fourth-order valence-corrected chi connectivity index (χ4v) is 3.70. The molecule has 0 saturated carbocycles. The first-order chi connectivity index (χ1) is 11.5. The van der Waals surface area contributed by atoms with Crippen molar-refractivity contribution in [1.82, 2.24) is 0 Å². The van der Waals surface area contributed by atoms with Crippen LogP contribution in [0, 0.1) is 5.92 Å². The Labute approximate surface area is 150 Å². The number of esters is 1. The molecule has 5 atom stereocenters. The highest BCUT2D eigenvalue weighted by atomic mass is 16.6. The van der Waals surface area contributed by atoms with E-state index in [1.54, 1.807) is 13.8 Å². The normalized spacial score (nSPS) is 43.6. The molecular formula is C20H32O5. The van der Waals surface area contributed by atoms with Crippen molar-refractivity contribution in [3.05, 3.63) is 23.8 Å². The summed E-state index contributed by atoms with van der Waals surface area (Å²) < 4.78 is 5.60. The largest absolute Gasteiger partial charge is 0.453 e. The number of hydrogen-bond donors (Lipinski definition) is 3. The van der Waals surface area contributed by atoms with Crippen LogP contribution in [-0.4, -0.2) is 44.7 Å². The van der Waals surface area contributed by atoms with E-state index in [9.17, 15) is 20.1 Å². The molecule has 1 heterocycles. The molecule has 1 saturated heterocycles. The van der Waals surface area contributed by atoms with Crippen molar-refractivity contribution >= 4 is 5.97 Å². The monoisotopic (exact) mass is 352 g/mol. The topological polar surface area (TPSA) is 87.0 Å². The van der Waals surface area contributed by atoms with Gasteiger partial charge in [0.05, 0.1) is 17.8 Å². The van der Waals surface area contributed by atoms with Gasteiger partial charge in [0.15, 0.2) is 0 Å². The number of aliphatic hydroxyl groups is 3. The SMILES string of the molecule is C=C1C(=O)OC2(C)CCC1CC(O)C(C)(O)CC/C=C(\C)CCC2O. The lowest BCUT2D eigenvalue weighted by molar-refractivity contribution is -0.165. The molecule has 142 valence electrons. The van der Waals surface area contributed by atoms with E-state index in [1.165, 1.54) is 0 Å². The molecule has 0 amide bonds. The molecule has 5 nitrogen and oxygen atoms in total. The lowest BCUT2D eigenvalue weighted by Gasteiger charge is -2.33. The lowest BCUT2D eigenvalue weighted by Crippen LogP contribution is -2.43. The minimum Gasteiger partial charge on any atom is -0.453 e. The zero-order valence-electron chi connectivity index (χ0n) is 15.6. The molecule has 1 aliphatic heterocycles. The van der Waals surface area contributed by atoms with Gasteiger partial charge in [0, 0.05) is 5.57 Å². The molecule has 3 N–H and O–H groups in total. The van der Waals surface area contributed by atoms with Gasteiger partial charge in [-0.25, -0.2) is 4.79 Å². The van der Waals surface area contributed by atoms with Gasteiger partial charge in [-0.05, 0) is 71.6 Å². The smallest absolute Gasteiger partial charge is 0.334 e. The molecule has 2 rings (SSSR count). The van der Waals surface area contributed by atoms with E-state index in [0.717, 1.165) is 5.57 Å². The fourth-order valence-electron chi connectivity index (χ4n) is 3.70. The average molecular weight is 352 g/mol. The van der Waals surface area contributed by atoms with Crippen LogP contribution in [-0.2, 0) is 9.53 Å². The number of rotatable bonds is 0. The van der Waals surface area contributed by atoms with E-state index in [2.05, 4.69) is 6.58 Å². The Morgan fingerprint density at radius 3 is 2.56 bits per heavy atom. The number of carbonyl (C=O) groups excluding carboxylic acids is 1. The highest BCUT2D eigenvalue weighted by molar-refractivity contribution is 5.89. The summed E-state index contributed by atoms with van der Waals surface area (Å²) in [7, 11) is 0. The highest BCUT2D eigenvalue weighted by Gasteiger charge is 2.43. The second kappa shape index (κ2) is 7.60. The summed E-state index contributed by atoms with van der Waals surface area (Å²) >= 11 is 0. The molecule has 5 heteroatoms. The number of allylic oxidation sites excluding steroid dienone is 2. The zero-order chi connectivity index (χ0) is 18.8. The maximum atomic E-state index is 12.4. The molecule has 0 spiro atoms. The van der Waals surface area contributed by atoms with Crippen molar-refractivity contribution < 1.29 is 24.9 Å². The summed E-state index contributed by atoms with van der Waals surface area (Å²) in [6.07, 6.45) is 4.00. The Hall–Kier alpha value is -1.17. The minimum absolute atomic E-state index is 0.260. The Morgan fingerprint density at radius 2 is 1.88 bits per heavy atom. The van der Waals surface area contributed by atoms with Crippen molar-refractivity contribution in [2.45, 2.75) is 89.1 Å². The van der Waals surface area contributed by atoms with E-state index >= 15 is 0 Å². The molecule has 0 aromatic heterocycles. The van der Waals surface area contributed by atoms with Crippen LogP contribution in [0.3, 0.4) is 0 Å². The second-order valence-electron chi connectivity index (χ2n) is 8.22. The second-order valence-corrected chi connectivity index (χ2v) is 8.22. The first-order valence-electron chi connectivity index (χ1n) is 9.21. The third-order valence-corrected chi connectivity index (χ3v) is 5.96. The summed E-state index contributed by atoms with van der Waals surface area (Å²) in [6.45, 7) is 9.25. The Kier molecular flexibility index (Phi) is 6.13. The number of fused-ring (bicyclic) bond motifs is 3. The molecule has 2 bridgehead atoms. The lowest BCUT2D eigenvalue weighted by atomic mass is 9.80. The number of ether oxygens (including phenoxy) is 1. The van der Waals surface area contributed by atoms with Crippen LogP contribution in [0.2, 0.25) is 0 Å². The van der Waals surface area contributed by atoms with Crippen molar-refractivity contribution in [2.24, 2.45) is 5.92 Å². The number of aliphatic hydroxyl groups excluding tert-OH is 2. The van der Waals surface area contributed by atoms with Crippen molar-refractivity contribution in [3.8, 4) is 0 Å². The predicted molar refractivity (Wildman–Crippen MR) is 95.8 cm³/mol. The predicted octanol–water partition coefficient (Wildman–Crippen LogP) is 2.64. The van der Waals surface area contributed by atoms with Crippen LogP contribution in [0.25, 0.3) is 0 Å². The van der Waals surface area contributed by atoms with Gasteiger partial charge in [0.2, 0.25) is 0 Å². The molecule has 0 aromatic carbocycles. The first-order valence-corrected chi connectivity index (χ1v) is 9.21. The molecule has 1 aliphatic carbocycles. The van der Waals surface area contributed by atoms with Gasteiger partial charge in [0.1, 0.15) is 5.60 Å². The summed E-state index contributed by atoms with van der Waals surface area (Å²) in [5.41, 5.74) is -0.741. The summed E-state index contributed by atoms with van der Waals surface area (Å²) in [5, 5.41) is 31.8. The summed E-state index contributed by atoms with van der Waals surface area (Å²) in [4.78, 5) is 12.4. The van der Waals surface area contributed by atoms with E-state index in [-0.39, 0.29) is 12.3 Å². The molecule has 0 aromatic rings. The van der Waals surface area contributed by atoms with E-state index in [0.29, 0.717) is 44.1 Å². The molecule has 1 fully saturated rings. The van der Waals surface area contributed by atoms with Gasteiger partial charge < -0.3 is 20.1 Å². The van der Waals surface area contributed by atoms with Gasteiger partial charge in [-0.3, -0.25) is 0 Å². The number of hydrogen-bond acceptors (Lipinski definition) is 5. The quantitative estimate of drug-likeness (QED) is 0.354. The Balaban J connectivity index is 2.33. The third-order valence-electron chi connectivity index (χ3n) is 5.96. The van der Waals surface area contributed by atoms with Crippen molar-refractivity contribution in [3.63, 3.8) is 0 Å². The van der Waals surface area contributed by atoms with E-state index in [4.69, 9.17) is 4.74 Å². The van der Waals surface area contributed by atoms with Crippen LogP contribution in [0.4, 0.5) is 0 Å². The highest BCUT2D eigenvalue weighted by Crippen LogP contribution is 2.38. The molecular weight excluding hydrogens is 320 g/mol. The molecule has 5 unspecified atom stereocenters. The average Bonchev–Trinajstić information content (AvgIpc) is 2.64. The first kappa shape index (κ1) is 20.1. The van der Waals surface area contributed by atoms with Crippen LogP contribution >= 0.6 is 0 Å². The third kappa shape index (κ3) is 4.72. The van der Waals surface area contributed by atoms with Crippen LogP contribution in [0.1, 0.15) is 65.7 Å². The standard InChI is InChI=1S/C20H32O5/c1-13-6-5-10-19(3,24)17(22)12-15-9-11-20(4,16(21)8-7-13)25-18(23)14(15)2/h6,15-17,21-22,24H,2,5,7-12H2,1,3-4H3/b13-6+. The van der Waals surface area contributed by atoms with E-state index < -0.39 is 29.4 Å². The Bertz CT molecular complexity index is 550. The number of carbonyl (C=O) groups is 1. The summed E-state index contributed by atoms with van der Waals surface area (Å²) in [5.74, 6) is -0.777. The maximum Gasteiger partial charge on any atom is 0.334 e. The van der Waals surface area contributed by atoms with Gasteiger partial charge in [-0.15, -0.1) is 0 Å². The van der Waals surface area contributed by atoms with Gasteiger partial charge in [0.25, 0.3) is 0 Å². The van der Waals surface area contributed by atoms with Crippen molar-refractivity contribution in [1.29, 1.82) is 0 Å². The maximum absolute atomic E-state index is 12.4. The van der Waals surface area contributed by atoms with Gasteiger partial charge in [-0.2, -0.15) is 0 Å². The van der Waals surface area contributed by atoms with Gasteiger partial charge in [-0.1, -0.05) is 18.2 Å². The fraction of sp³-hybridized carbons (Fsp3) is 0.750. The van der Waals surface area contributed by atoms with Gasteiger partial charge >= 0.3 is 5.97 Å². The Morgan fingerprint density at radius 1 is 1.20 bits per heavy atom. The summed E-state index contributed by atoms with van der Waals surface area (Å²) in [6, 6.07) is 0. The molecule has 25 heavy (non-hydrogen) atoms. The molecule has 2 aliphatic rings. The van der Waals surface area contributed by atoms with E-state index in [1.807, 2.05) is 13.0 Å². The van der Waals surface area contributed by atoms with Crippen molar-refractivity contribution in [2.75, 3.05) is 0 Å².